The number of hydrogen-bond donors (Lipinski definition) is 1. The third-order valence-electron chi connectivity index (χ3n) is 3.35. The van der Waals surface area contributed by atoms with Crippen molar-refractivity contribution in [3.8, 4) is 5.75 Å². The number of rotatable bonds is 6. The second kappa shape index (κ2) is 7.54. The van der Waals surface area contributed by atoms with Crippen LogP contribution in [0, 0.1) is 6.92 Å². The van der Waals surface area contributed by atoms with Gasteiger partial charge in [0.2, 0.25) is 0 Å². The number of aromatic nitrogens is 2. The summed E-state index contributed by atoms with van der Waals surface area (Å²) < 4.78 is 31.7. The molecule has 23 heavy (non-hydrogen) atoms. The Bertz CT molecular complexity index is 704. The predicted octanol–water partition coefficient (Wildman–Crippen LogP) is 3.51. The Kier molecular flexibility index (Phi) is 5.70. The highest BCUT2D eigenvalue weighted by atomic mass is 79.9. The lowest BCUT2D eigenvalue weighted by molar-refractivity contribution is -0.0501. The van der Waals surface area contributed by atoms with E-state index in [2.05, 4.69) is 31.1 Å². The van der Waals surface area contributed by atoms with Gasteiger partial charge >= 0.3 is 6.61 Å². The summed E-state index contributed by atoms with van der Waals surface area (Å²) in [6, 6.07) is 4.30. The fourth-order valence-corrected chi connectivity index (χ4v) is 2.49. The lowest BCUT2D eigenvalue weighted by atomic mass is 10.2. The number of carbonyl (C=O) groups excluding carboxylic acids is 1. The molecule has 0 aliphatic heterocycles. The summed E-state index contributed by atoms with van der Waals surface area (Å²) in [6.45, 7) is 1.87. The van der Waals surface area contributed by atoms with E-state index in [1.54, 1.807) is 6.20 Å². The lowest BCUT2D eigenvalue weighted by Crippen LogP contribution is -2.24. The van der Waals surface area contributed by atoms with E-state index in [9.17, 15) is 13.6 Å². The number of alkyl halides is 2. The molecule has 0 radical (unpaired) electrons. The highest BCUT2D eigenvalue weighted by molar-refractivity contribution is 9.10. The van der Waals surface area contributed by atoms with Gasteiger partial charge in [-0.25, -0.2) is 0 Å². The third-order valence-corrected chi connectivity index (χ3v) is 3.84. The Hall–Kier alpha value is -1.96. The van der Waals surface area contributed by atoms with Crippen molar-refractivity contribution in [2.75, 3.05) is 0 Å². The van der Waals surface area contributed by atoms with Gasteiger partial charge < -0.3 is 10.1 Å². The molecule has 0 fully saturated rings. The molecule has 1 N–H and O–H groups in total. The number of carbonyl (C=O) groups is 1. The fourth-order valence-electron chi connectivity index (χ4n) is 2.13. The average Bonchev–Trinajstić information content (AvgIpc) is 2.86. The summed E-state index contributed by atoms with van der Waals surface area (Å²) in [4.78, 5) is 12.3. The number of nitrogens with one attached hydrogen (secondary N) is 1. The van der Waals surface area contributed by atoms with Crippen molar-refractivity contribution in [2.45, 2.75) is 33.5 Å². The normalized spacial score (nSPS) is 10.9. The van der Waals surface area contributed by atoms with Crippen LogP contribution in [0.5, 0.6) is 5.75 Å². The zero-order valence-corrected chi connectivity index (χ0v) is 14.2. The van der Waals surface area contributed by atoms with Gasteiger partial charge in [0.1, 0.15) is 5.75 Å². The van der Waals surface area contributed by atoms with Gasteiger partial charge in [0.05, 0.1) is 11.8 Å². The number of benzene rings is 1. The van der Waals surface area contributed by atoms with E-state index in [0.29, 0.717) is 4.47 Å². The van der Waals surface area contributed by atoms with Crippen molar-refractivity contribution < 1.29 is 18.3 Å². The lowest BCUT2D eigenvalue weighted by Gasteiger charge is -2.11. The van der Waals surface area contributed by atoms with Crippen molar-refractivity contribution in [3.05, 3.63) is 45.7 Å². The second-order valence-corrected chi connectivity index (χ2v) is 5.69. The van der Waals surface area contributed by atoms with Crippen LogP contribution in [0.15, 0.2) is 28.9 Å². The molecule has 124 valence electrons. The molecule has 0 unspecified atom stereocenters. The Balaban J connectivity index is 2.13. The van der Waals surface area contributed by atoms with Crippen LogP contribution in [0.2, 0.25) is 0 Å². The molecular weight excluding hydrogens is 372 g/mol. The number of halogens is 3. The van der Waals surface area contributed by atoms with Crippen LogP contribution in [0.1, 0.15) is 28.5 Å². The van der Waals surface area contributed by atoms with Crippen LogP contribution < -0.4 is 10.1 Å². The molecule has 0 aliphatic carbocycles. The summed E-state index contributed by atoms with van der Waals surface area (Å²) in [5.74, 6) is -0.660. The molecule has 2 aromatic rings. The second-order valence-electron chi connectivity index (χ2n) is 4.77. The van der Waals surface area contributed by atoms with Crippen LogP contribution in [0.4, 0.5) is 8.78 Å². The van der Waals surface area contributed by atoms with Gasteiger partial charge in [-0.05, 0) is 32.0 Å². The SMILES string of the molecule is CCn1ncc(CNC(=O)c2cc(Br)ccc2OC(F)F)c1C. The molecule has 0 saturated carbocycles. The maximum atomic E-state index is 12.4. The van der Waals surface area contributed by atoms with Gasteiger partial charge in [0, 0.05) is 28.8 Å². The zero-order chi connectivity index (χ0) is 17.0. The first-order chi connectivity index (χ1) is 10.9. The summed E-state index contributed by atoms with van der Waals surface area (Å²) in [5.41, 5.74) is 1.86. The Morgan fingerprint density at radius 1 is 1.48 bits per heavy atom. The van der Waals surface area contributed by atoms with E-state index in [-0.39, 0.29) is 17.9 Å². The quantitative estimate of drug-likeness (QED) is 0.824. The summed E-state index contributed by atoms with van der Waals surface area (Å²) in [7, 11) is 0. The minimum Gasteiger partial charge on any atom is -0.434 e. The number of ether oxygens (including phenoxy) is 1. The van der Waals surface area contributed by atoms with Crippen LogP contribution in [0.3, 0.4) is 0 Å². The minimum atomic E-state index is -2.99. The molecule has 8 heteroatoms. The summed E-state index contributed by atoms with van der Waals surface area (Å²) >= 11 is 3.21. The molecule has 1 aromatic heterocycles. The summed E-state index contributed by atoms with van der Waals surface area (Å²) in [6.07, 6.45) is 1.68. The van der Waals surface area contributed by atoms with Crippen molar-refractivity contribution in [1.29, 1.82) is 0 Å². The van der Waals surface area contributed by atoms with E-state index in [1.807, 2.05) is 18.5 Å². The molecule has 1 heterocycles. The van der Waals surface area contributed by atoms with Crippen LogP contribution in [-0.4, -0.2) is 22.3 Å². The number of aryl methyl sites for hydroxylation is 1. The standard InChI is InChI=1S/C15H16BrF2N3O2/c1-3-21-9(2)10(8-20-21)7-19-14(22)12-6-11(16)4-5-13(12)23-15(17)18/h4-6,8,15H,3,7H2,1-2H3,(H,19,22). The fraction of sp³-hybridized carbons (Fsp3) is 0.333. The number of amides is 1. The Labute approximate surface area is 140 Å². The maximum Gasteiger partial charge on any atom is 0.387 e. The van der Waals surface area contributed by atoms with E-state index in [0.717, 1.165) is 17.8 Å². The first-order valence-electron chi connectivity index (χ1n) is 6.96. The third kappa shape index (κ3) is 4.28. The van der Waals surface area contributed by atoms with E-state index < -0.39 is 12.5 Å². The van der Waals surface area contributed by atoms with E-state index >= 15 is 0 Å². The number of hydrogen-bond acceptors (Lipinski definition) is 3. The van der Waals surface area contributed by atoms with Crippen molar-refractivity contribution in [3.63, 3.8) is 0 Å². The molecule has 0 spiro atoms. The van der Waals surface area contributed by atoms with Crippen molar-refractivity contribution >= 4 is 21.8 Å². The Morgan fingerprint density at radius 2 is 2.22 bits per heavy atom. The average molecular weight is 388 g/mol. The van der Waals surface area contributed by atoms with E-state index in [4.69, 9.17) is 0 Å². The molecule has 1 amide bonds. The smallest absolute Gasteiger partial charge is 0.387 e. The monoisotopic (exact) mass is 387 g/mol. The molecule has 5 nitrogen and oxygen atoms in total. The highest BCUT2D eigenvalue weighted by Crippen LogP contribution is 2.25. The molecule has 0 aliphatic rings. The summed E-state index contributed by atoms with van der Waals surface area (Å²) in [5, 5.41) is 6.89. The van der Waals surface area contributed by atoms with Gasteiger partial charge in [0.15, 0.2) is 0 Å². The van der Waals surface area contributed by atoms with Gasteiger partial charge in [-0.1, -0.05) is 15.9 Å². The first-order valence-corrected chi connectivity index (χ1v) is 7.75. The topological polar surface area (TPSA) is 56.2 Å². The minimum absolute atomic E-state index is 0.0419. The largest absolute Gasteiger partial charge is 0.434 e. The number of nitrogens with zero attached hydrogens (tertiary/aromatic N) is 2. The van der Waals surface area contributed by atoms with Gasteiger partial charge in [-0.2, -0.15) is 13.9 Å². The molecule has 1 aromatic carbocycles. The van der Waals surface area contributed by atoms with Crippen molar-refractivity contribution in [2.24, 2.45) is 0 Å². The van der Waals surface area contributed by atoms with Crippen LogP contribution in [0.25, 0.3) is 0 Å². The molecule has 0 saturated heterocycles. The zero-order valence-electron chi connectivity index (χ0n) is 12.6. The molecule has 0 atom stereocenters. The highest BCUT2D eigenvalue weighted by Gasteiger charge is 2.17. The van der Waals surface area contributed by atoms with Gasteiger partial charge in [0.25, 0.3) is 5.91 Å². The Morgan fingerprint density at radius 3 is 2.83 bits per heavy atom. The molecular formula is C15H16BrF2N3O2. The van der Waals surface area contributed by atoms with Gasteiger partial charge in [-0.3, -0.25) is 9.48 Å². The predicted molar refractivity (Wildman–Crippen MR) is 84.6 cm³/mol. The maximum absolute atomic E-state index is 12.4. The molecule has 2 rings (SSSR count). The van der Waals surface area contributed by atoms with E-state index in [1.165, 1.54) is 18.2 Å². The molecule has 0 bridgehead atoms. The van der Waals surface area contributed by atoms with Gasteiger partial charge in [-0.15, -0.1) is 0 Å². The van der Waals surface area contributed by atoms with Crippen LogP contribution in [-0.2, 0) is 13.1 Å². The van der Waals surface area contributed by atoms with Crippen molar-refractivity contribution in [1.82, 2.24) is 15.1 Å². The first kappa shape index (κ1) is 17.4. The van der Waals surface area contributed by atoms with Crippen LogP contribution >= 0.6 is 15.9 Å².